The fourth-order valence-electron chi connectivity index (χ4n) is 0.663. The first-order valence-corrected chi connectivity index (χ1v) is 5.28. The zero-order valence-electron chi connectivity index (χ0n) is 6.04. The predicted molar refractivity (Wildman–Crippen MR) is 45.8 cm³/mol. The zero-order chi connectivity index (χ0) is 10.1. The van der Waals surface area contributed by atoms with E-state index in [9.17, 15) is 12.3 Å². The molecule has 13 heavy (non-hydrogen) atoms. The molecule has 1 rings (SSSR count). The first-order valence-electron chi connectivity index (χ1n) is 2.97. The van der Waals surface area contributed by atoms with E-state index < -0.39 is 16.0 Å². The highest BCUT2D eigenvalue weighted by Gasteiger charge is 2.16. The SMILES string of the molecule is O=S(=O)(F)Cc1c(Cl)ncnc1Cl. The lowest BCUT2D eigenvalue weighted by molar-refractivity contribution is 0.551. The molecule has 0 saturated carbocycles. The lowest BCUT2D eigenvalue weighted by Crippen LogP contribution is -2.00. The van der Waals surface area contributed by atoms with Crippen molar-refractivity contribution in [3.8, 4) is 0 Å². The molecular weight excluding hydrogens is 242 g/mol. The van der Waals surface area contributed by atoms with Crippen LogP contribution in [0.3, 0.4) is 0 Å². The Morgan fingerprint density at radius 3 is 2.15 bits per heavy atom. The van der Waals surface area contributed by atoms with Crippen LogP contribution in [-0.4, -0.2) is 18.4 Å². The highest BCUT2D eigenvalue weighted by Crippen LogP contribution is 2.22. The molecule has 0 atom stereocenters. The van der Waals surface area contributed by atoms with E-state index in [-0.39, 0.29) is 15.9 Å². The van der Waals surface area contributed by atoms with E-state index in [2.05, 4.69) is 9.97 Å². The summed E-state index contributed by atoms with van der Waals surface area (Å²) in [7, 11) is -4.67. The van der Waals surface area contributed by atoms with Crippen molar-refractivity contribution in [3.05, 3.63) is 22.2 Å². The quantitative estimate of drug-likeness (QED) is 0.586. The lowest BCUT2D eigenvalue weighted by Gasteiger charge is -2.00. The Balaban J connectivity index is 3.15. The average molecular weight is 245 g/mol. The molecule has 0 aromatic carbocycles. The van der Waals surface area contributed by atoms with Crippen molar-refractivity contribution >= 4 is 33.4 Å². The van der Waals surface area contributed by atoms with Crippen LogP contribution in [0.5, 0.6) is 0 Å². The standard InChI is InChI=1S/C5H3Cl2FN2O2S/c6-4-3(1-13(8,11)12)5(7)10-2-9-4/h2H,1H2. The number of halogens is 3. The molecule has 0 unspecified atom stereocenters. The van der Waals surface area contributed by atoms with Gasteiger partial charge >= 0.3 is 10.2 Å². The summed E-state index contributed by atoms with van der Waals surface area (Å²) in [5, 5.41) is -0.331. The van der Waals surface area contributed by atoms with Gasteiger partial charge in [-0.2, -0.15) is 8.42 Å². The third kappa shape index (κ3) is 3.06. The van der Waals surface area contributed by atoms with Crippen LogP contribution in [0.1, 0.15) is 5.56 Å². The van der Waals surface area contributed by atoms with Crippen LogP contribution in [0.25, 0.3) is 0 Å². The van der Waals surface area contributed by atoms with E-state index in [4.69, 9.17) is 23.2 Å². The molecular formula is C5H3Cl2FN2O2S. The van der Waals surface area contributed by atoms with Crippen molar-refractivity contribution in [2.24, 2.45) is 0 Å². The molecule has 1 aromatic rings. The van der Waals surface area contributed by atoms with Crippen LogP contribution >= 0.6 is 23.2 Å². The van der Waals surface area contributed by atoms with E-state index in [1.165, 1.54) is 0 Å². The molecule has 0 amide bonds. The van der Waals surface area contributed by atoms with Crippen LogP contribution in [0.4, 0.5) is 3.89 Å². The van der Waals surface area contributed by atoms with Gasteiger partial charge in [0.1, 0.15) is 22.4 Å². The molecule has 0 saturated heterocycles. The van der Waals surface area contributed by atoms with E-state index in [0.717, 1.165) is 6.33 Å². The van der Waals surface area contributed by atoms with Gasteiger partial charge in [-0.05, 0) is 0 Å². The Morgan fingerprint density at radius 1 is 1.31 bits per heavy atom. The minimum absolute atomic E-state index is 0.131. The van der Waals surface area contributed by atoms with Crippen molar-refractivity contribution in [1.29, 1.82) is 0 Å². The number of aromatic nitrogens is 2. The summed E-state index contributed by atoms with van der Waals surface area (Å²) in [6.45, 7) is 0. The van der Waals surface area contributed by atoms with E-state index >= 15 is 0 Å². The molecule has 0 bridgehead atoms. The molecule has 0 aliphatic rings. The van der Waals surface area contributed by atoms with Gasteiger partial charge in [-0.1, -0.05) is 23.2 Å². The first-order chi connectivity index (χ1) is 5.90. The molecule has 0 radical (unpaired) electrons. The van der Waals surface area contributed by atoms with Gasteiger partial charge in [0.05, 0.1) is 0 Å². The summed E-state index contributed by atoms with van der Waals surface area (Å²) >= 11 is 10.9. The summed E-state index contributed by atoms with van der Waals surface area (Å²) in [6.07, 6.45) is 1.05. The second kappa shape index (κ2) is 3.73. The molecule has 1 heterocycles. The second-order valence-corrected chi connectivity index (χ2v) is 4.20. The fourth-order valence-corrected chi connectivity index (χ4v) is 1.89. The molecule has 4 nitrogen and oxygen atoms in total. The maximum absolute atomic E-state index is 12.2. The minimum Gasteiger partial charge on any atom is -0.224 e. The predicted octanol–water partition coefficient (Wildman–Crippen LogP) is 1.58. The van der Waals surface area contributed by atoms with Gasteiger partial charge in [-0.15, -0.1) is 3.89 Å². The number of nitrogens with zero attached hydrogens (tertiary/aromatic N) is 2. The molecule has 0 aliphatic heterocycles. The van der Waals surface area contributed by atoms with Crippen molar-refractivity contribution in [2.45, 2.75) is 5.75 Å². The average Bonchev–Trinajstić information content (AvgIpc) is 1.95. The first kappa shape index (κ1) is 10.6. The maximum Gasteiger partial charge on any atom is 0.306 e. The van der Waals surface area contributed by atoms with Crippen molar-refractivity contribution in [1.82, 2.24) is 9.97 Å². The van der Waals surface area contributed by atoms with Crippen LogP contribution in [0, 0.1) is 0 Å². The van der Waals surface area contributed by atoms with Gasteiger partial charge in [-0.25, -0.2) is 9.97 Å². The Kier molecular flexibility index (Phi) is 3.05. The summed E-state index contributed by atoms with van der Waals surface area (Å²) in [5.74, 6) is -0.911. The number of hydrogen-bond acceptors (Lipinski definition) is 4. The maximum atomic E-state index is 12.2. The van der Waals surface area contributed by atoms with E-state index in [1.54, 1.807) is 0 Å². The highest BCUT2D eigenvalue weighted by atomic mass is 35.5. The molecule has 0 fully saturated rings. The van der Waals surface area contributed by atoms with Gasteiger partial charge in [0.2, 0.25) is 0 Å². The summed E-state index contributed by atoms with van der Waals surface area (Å²) in [5.41, 5.74) is -0.131. The zero-order valence-corrected chi connectivity index (χ0v) is 8.37. The summed E-state index contributed by atoms with van der Waals surface area (Å²) < 4.78 is 32.8. The molecule has 8 heteroatoms. The largest absolute Gasteiger partial charge is 0.306 e. The lowest BCUT2D eigenvalue weighted by atomic mass is 10.4. The van der Waals surface area contributed by atoms with Gasteiger partial charge in [0.25, 0.3) is 0 Å². The monoisotopic (exact) mass is 244 g/mol. The Hall–Kier alpha value is -0.460. The van der Waals surface area contributed by atoms with Crippen LogP contribution in [0.15, 0.2) is 6.33 Å². The number of hydrogen-bond donors (Lipinski definition) is 0. The third-order valence-electron chi connectivity index (χ3n) is 1.16. The van der Waals surface area contributed by atoms with Crippen LogP contribution in [-0.2, 0) is 16.0 Å². The fraction of sp³-hybridized carbons (Fsp3) is 0.200. The van der Waals surface area contributed by atoms with Crippen molar-refractivity contribution < 1.29 is 12.3 Å². The Labute approximate surface area is 83.9 Å². The topological polar surface area (TPSA) is 59.9 Å². The van der Waals surface area contributed by atoms with Gasteiger partial charge in [0.15, 0.2) is 0 Å². The normalized spacial score (nSPS) is 11.6. The summed E-state index contributed by atoms with van der Waals surface area (Å²) in [4.78, 5) is 6.93. The summed E-state index contributed by atoms with van der Waals surface area (Å²) in [6, 6.07) is 0. The smallest absolute Gasteiger partial charge is 0.224 e. The Morgan fingerprint density at radius 2 is 1.77 bits per heavy atom. The third-order valence-corrected chi connectivity index (χ3v) is 2.44. The van der Waals surface area contributed by atoms with E-state index in [1.807, 2.05) is 0 Å². The van der Waals surface area contributed by atoms with E-state index in [0.29, 0.717) is 0 Å². The van der Waals surface area contributed by atoms with Crippen molar-refractivity contribution in [2.75, 3.05) is 0 Å². The van der Waals surface area contributed by atoms with Gasteiger partial charge in [0, 0.05) is 5.56 Å². The molecule has 0 spiro atoms. The van der Waals surface area contributed by atoms with Gasteiger partial charge in [-0.3, -0.25) is 0 Å². The molecule has 0 N–H and O–H groups in total. The van der Waals surface area contributed by atoms with Crippen LogP contribution < -0.4 is 0 Å². The molecule has 72 valence electrons. The molecule has 0 aliphatic carbocycles. The molecule has 1 aromatic heterocycles. The Bertz CT molecular complexity index is 402. The van der Waals surface area contributed by atoms with Crippen molar-refractivity contribution in [3.63, 3.8) is 0 Å². The van der Waals surface area contributed by atoms with Gasteiger partial charge < -0.3 is 0 Å². The minimum atomic E-state index is -4.67. The number of rotatable bonds is 2. The van der Waals surface area contributed by atoms with Crippen LogP contribution in [0.2, 0.25) is 10.3 Å². The second-order valence-electron chi connectivity index (χ2n) is 2.12. The highest BCUT2D eigenvalue weighted by molar-refractivity contribution is 7.85.